The van der Waals surface area contributed by atoms with Crippen LogP contribution in [0.1, 0.15) is 27.9 Å². The predicted molar refractivity (Wildman–Crippen MR) is 91.5 cm³/mol. The topological polar surface area (TPSA) is 77.2 Å². The fourth-order valence-corrected chi connectivity index (χ4v) is 3.42. The van der Waals surface area contributed by atoms with E-state index in [4.69, 9.17) is 17.3 Å². The summed E-state index contributed by atoms with van der Waals surface area (Å²) in [6, 6.07) is 9.20. The van der Waals surface area contributed by atoms with Crippen LogP contribution in [0.4, 0.5) is 4.39 Å². The molecule has 0 aliphatic heterocycles. The summed E-state index contributed by atoms with van der Waals surface area (Å²) in [4.78, 5) is 10.2. The zero-order valence-electron chi connectivity index (χ0n) is 13.1. The van der Waals surface area contributed by atoms with Gasteiger partial charge < -0.3 is 5.73 Å². The number of rotatable bonds is 2. The van der Waals surface area contributed by atoms with Gasteiger partial charge in [-0.2, -0.15) is 0 Å². The maximum Gasteiger partial charge on any atom is 0.248 e. The Hall–Kier alpha value is -1.92. The van der Waals surface area contributed by atoms with Crippen molar-refractivity contribution in [3.63, 3.8) is 0 Å². The van der Waals surface area contributed by atoms with Gasteiger partial charge >= 0.3 is 0 Å². The molecule has 1 amide bonds. The van der Waals surface area contributed by atoms with Gasteiger partial charge in [-0.3, -0.25) is 4.79 Å². The normalized spacial score (nSPS) is 13.0. The van der Waals surface area contributed by atoms with E-state index in [9.17, 15) is 17.6 Å². The highest BCUT2D eigenvalue weighted by Crippen LogP contribution is 2.24. The lowest BCUT2D eigenvalue weighted by molar-refractivity contribution is 0.0999. The molecule has 2 aromatic rings. The molecule has 0 saturated carbocycles. The molecule has 2 aromatic carbocycles. The molecule has 0 radical (unpaired) electrons. The Morgan fingerprint density at radius 3 is 2.38 bits per heavy atom. The Bertz CT molecular complexity index is 881. The number of carbonyl (C=O) groups is 1. The summed E-state index contributed by atoms with van der Waals surface area (Å²) in [7, 11) is -3.60. The van der Waals surface area contributed by atoms with E-state index in [0.717, 1.165) is 23.4 Å². The summed E-state index contributed by atoms with van der Waals surface area (Å²) in [5, 5.41) is 0.876. The zero-order chi connectivity index (χ0) is 17.9. The van der Waals surface area contributed by atoms with E-state index >= 15 is 0 Å². The summed E-state index contributed by atoms with van der Waals surface area (Å²) in [5.41, 5.74) is 7.77. The van der Waals surface area contributed by atoms with Crippen molar-refractivity contribution >= 4 is 27.3 Å². The van der Waals surface area contributed by atoms with Gasteiger partial charge in [-0.25, -0.2) is 12.8 Å². The standard InChI is InChI=1S/C9H9Cl.C8H8FNO3S/c10-9-5-4-7-2-1-3-8(7)6-9;1-14(12,13)7-3-2-5(8(10)11)4-6(7)9/h4-6H,1-3H2;2-4H,1H3,(H2,10,11). The fraction of sp³-hybridized carbons (Fsp3) is 0.235. The molecule has 0 heterocycles. The molecule has 0 unspecified atom stereocenters. The van der Waals surface area contributed by atoms with E-state index in [1.807, 2.05) is 6.07 Å². The number of benzene rings is 2. The quantitative estimate of drug-likeness (QED) is 0.883. The number of fused-ring (bicyclic) bond motifs is 1. The van der Waals surface area contributed by atoms with Crippen molar-refractivity contribution < 1.29 is 17.6 Å². The zero-order valence-corrected chi connectivity index (χ0v) is 14.6. The number of aryl methyl sites for hydroxylation is 2. The minimum atomic E-state index is -3.60. The summed E-state index contributed by atoms with van der Waals surface area (Å²) in [6.45, 7) is 0. The van der Waals surface area contributed by atoms with Crippen LogP contribution in [0, 0.1) is 5.82 Å². The third kappa shape index (κ3) is 4.55. The van der Waals surface area contributed by atoms with Crippen LogP contribution in [0.5, 0.6) is 0 Å². The van der Waals surface area contributed by atoms with E-state index in [-0.39, 0.29) is 5.56 Å². The molecule has 2 N–H and O–H groups in total. The van der Waals surface area contributed by atoms with Crippen LogP contribution in [0.25, 0.3) is 0 Å². The van der Waals surface area contributed by atoms with Crippen LogP contribution in [0.15, 0.2) is 41.3 Å². The van der Waals surface area contributed by atoms with Gasteiger partial charge in [-0.15, -0.1) is 0 Å². The lowest BCUT2D eigenvalue weighted by atomic mass is 10.1. The van der Waals surface area contributed by atoms with E-state index in [1.165, 1.54) is 36.5 Å². The molecule has 1 aliphatic carbocycles. The highest BCUT2D eigenvalue weighted by molar-refractivity contribution is 7.90. The van der Waals surface area contributed by atoms with Crippen molar-refractivity contribution in [2.24, 2.45) is 5.73 Å². The van der Waals surface area contributed by atoms with Gasteiger partial charge in [0.05, 0.1) is 0 Å². The smallest absolute Gasteiger partial charge is 0.248 e. The van der Waals surface area contributed by atoms with Gasteiger partial charge in [-0.1, -0.05) is 17.7 Å². The lowest BCUT2D eigenvalue weighted by Crippen LogP contribution is -2.12. The molecule has 3 rings (SSSR count). The van der Waals surface area contributed by atoms with E-state index in [2.05, 4.69) is 12.1 Å². The monoisotopic (exact) mass is 369 g/mol. The van der Waals surface area contributed by atoms with Crippen LogP contribution < -0.4 is 5.73 Å². The van der Waals surface area contributed by atoms with Crippen molar-refractivity contribution in [3.8, 4) is 0 Å². The van der Waals surface area contributed by atoms with Gasteiger partial charge in [0.25, 0.3) is 0 Å². The van der Waals surface area contributed by atoms with Crippen molar-refractivity contribution in [2.45, 2.75) is 24.2 Å². The van der Waals surface area contributed by atoms with Gasteiger partial charge in [-0.05, 0) is 60.7 Å². The predicted octanol–water partition coefficient (Wildman–Crippen LogP) is 3.16. The Balaban J connectivity index is 0.000000182. The van der Waals surface area contributed by atoms with Gasteiger partial charge in [0.2, 0.25) is 5.91 Å². The molecule has 0 bridgehead atoms. The average Bonchev–Trinajstić information content (AvgIpc) is 2.93. The van der Waals surface area contributed by atoms with E-state index < -0.39 is 26.5 Å². The van der Waals surface area contributed by atoms with Crippen LogP contribution in [0.3, 0.4) is 0 Å². The lowest BCUT2D eigenvalue weighted by Gasteiger charge is -2.01. The second kappa shape index (κ2) is 7.32. The molecule has 7 heteroatoms. The Kier molecular flexibility index (Phi) is 5.62. The van der Waals surface area contributed by atoms with Crippen molar-refractivity contribution in [2.75, 3.05) is 6.26 Å². The summed E-state index contributed by atoms with van der Waals surface area (Å²) < 4.78 is 35.1. The first-order chi connectivity index (χ1) is 11.2. The molecule has 0 atom stereocenters. The third-order valence-corrected chi connectivity index (χ3v) is 5.04. The molecule has 4 nitrogen and oxygen atoms in total. The number of nitrogens with two attached hydrogens (primary N) is 1. The molecule has 0 saturated heterocycles. The van der Waals surface area contributed by atoms with E-state index in [1.54, 1.807) is 0 Å². The van der Waals surface area contributed by atoms with Crippen LogP contribution in [-0.2, 0) is 22.7 Å². The largest absolute Gasteiger partial charge is 0.366 e. The molecule has 24 heavy (non-hydrogen) atoms. The number of halogens is 2. The number of carbonyl (C=O) groups excluding carboxylic acids is 1. The van der Waals surface area contributed by atoms with Gasteiger partial charge in [0, 0.05) is 16.8 Å². The minimum Gasteiger partial charge on any atom is -0.366 e. The number of hydrogen-bond donors (Lipinski definition) is 1. The van der Waals surface area contributed by atoms with Gasteiger partial charge in [0.15, 0.2) is 9.84 Å². The second-order valence-electron chi connectivity index (χ2n) is 5.55. The number of hydrogen-bond acceptors (Lipinski definition) is 3. The van der Waals surface area contributed by atoms with Crippen LogP contribution in [0.2, 0.25) is 5.02 Å². The molecule has 0 fully saturated rings. The molecular weight excluding hydrogens is 353 g/mol. The number of primary amides is 1. The molecule has 128 valence electrons. The maximum absolute atomic E-state index is 13.1. The fourth-order valence-electron chi connectivity index (χ4n) is 2.50. The van der Waals surface area contributed by atoms with E-state index in [0.29, 0.717) is 0 Å². The highest BCUT2D eigenvalue weighted by atomic mass is 35.5. The Labute approximate surface area is 145 Å². The minimum absolute atomic E-state index is 0.0603. The number of sulfone groups is 1. The Morgan fingerprint density at radius 1 is 1.12 bits per heavy atom. The van der Waals surface area contributed by atoms with Crippen molar-refractivity contribution in [1.29, 1.82) is 0 Å². The first-order valence-electron chi connectivity index (χ1n) is 7.25. The summed E-state index contributed by atoms with van der Waals surface area (Å²) in [5.74, 6) is -1.77. The molecule has 0 aromatic heterocycles. The SMILES string of the molecule is CS(=O)(=O)c1ccc(C(N)=O)cc1F.Clc1ccc2c(c1)CCC2. The van der Waals surface area contributed by atoms with Crippen molar-refractivity contribution in [1.82, 2.24) is 0 Å². The van der Waals surface area contributed by atoms with Crippen molar-refractivity contribution in [3.05, 3.63) is 63.9 Å². The molecule has 0 spiro atoms. The highest BCUT2D eigenvalue weighted by Gasteiger charge is 2.14. The van der Waals surface area contributed by atoms with Gasteiger partial charge in [0.1, 0.15) is 10.7 Å². The summed E-state index contributed by atoms with van der Waals surface area (Å²) >= 11 is 5.82. The summed E-state index contributed by atoms with van der Waals surface area (Å²) in [6.07, 6.45) is 4.65. The third-order valence-electron chi connectivity index (χ3n) is 3.68. The maximum atomic E-state index is 13.1. The average molecular weight is 370 g/mol. The number of amides is 1. The molecular formula is C17H17ClFNO3S. The van der Waals surface area contributed by atoms with Crippen LogP contribution >= 0.6 is 11.6 Å². The first kappa shape index (κ1) is 18.4. The Morgan fingerprint density at radius 2 is 1.79 bits per heavy atom. The van der Waals surface area contributed by atoms with Crippen LogP contribution in [-0.4, -0.2) is 20.6 Å². The first-order valence-corrected chi connectivity index (χ1v) is 9.52. The molecule has 1 aliphatic rings. The second-order valence-corrected chi connectivity index (χ2v) is 7.97.